The molecule has 1 aliphatic heterocycles. The molecule has 4 rings (SSSR count). The Hall–Kier alpha value is -2.41. The molecule has 20 heavy (non-hydrogen) atoms. The lowest BCUT2D eigenvalue weighted by Gasteiger charge is -2.03. The summed E-state index contributed by atoms with van der Waals surface area (Å²) in [6.07, 6.45) is 2.23. The van der Waals surface area contributed by atoms with Gasteiger partial charge in [0.1, 0.15) is 0 Å². The van der Waals surface area contributed by atoms with Crippen LogP contribution in [0.5, 0.6) is 0 Å². The van der Waals surface area contributed by atoms with E-state index >= 15 is 0 Å². The van der Waals surface area contributed by atoms with Crippen LogP contribution in [0.1, 0.15) is 11.1 Å². The number of hydrogen-bond acceptors (Lipinski definition) is 0. The van der Waals surface area contributed by atoms with Gasteiger partial charge in [-0.1, -0.05) is 42.5 Å². The molecular formula is C19H16N+. The second kappa shape index (κ2) is 4.31. The van der Waals surface area contributed by atoms with E-state index in [1.165, 1.54) is 33.5 Å². The summed E-state index contributed by atoms with van der Waals surface area (Å²) in [5.74, 6) is 0. The molecule has 0 aliphatic carbocycles. The van der Waals surface area contributed by atoms with Crippen molar-refractivity contribution in [2.45, 2.75) is 13.5 Å². The highest BCUT2D eigenvalue weighted by Gasteiger charge is 2.25. The third-order valence-electron chi connectivity index (χ3n) is 4.01. The predicted molar refractivity (Wildman–Crippen MR) is 81.3 cm³/mol. The van der Waals surface area contributed by atoms with Crippen LogP contribution in [0, 0.1) is 6.92 Å². The van der Waals surface area contributed by atoms with Gasteiger partial charge in [-0.05, 0) is 30.2 Å². The molecular weight excluding hydrogens is 242 g/mol. The Morgan fingerprint density at radius 2 is 1.70 bits per heavy atom. The Kier molecular flexibility index (Phi) is 2.46. The molecule has 96 valence electrons. The SMILES string of the molecule is Cc1ccc2[n+](c1)Cc1ccc(-c3ccccc3)cc1-2. The first-order valence-electron chi connectivity index (χ1n) is 7.00. The number of rotatable bonds is 1. The zero-order valence-electron chi connectivity index (χ0n) is 11.5. The second-order valence-corrected chi connectivity index (χ2v) is 5.46. The van der Waals surface area contributed by atoms with Crippen LogP contribution >= 0.6 is 0 Å². The molecule has 2 heterocycles. The maximum Gasteiger partial charge on any atom is 0.213 e. The van der Waals surface area contributed by atoms with E-state index in [-0.39, 0.29) is 0 Å². The first-order valence-corrected chi connectivity index (χ1v) is 7.00. The summed E-state index contributed by atoms with van der Waals surface area (Å²) in [6.45, 7) is 3.13. The fourth-order valence-electron chi connectivity index (χ4n) is 2.99. The molecule has 1 heteroatoms. The van der Waals surface area contributed by atoms with Crippen LogP contribution in [0.4, 0.5) is 0 Å². The summed E-state index contributed by atoms with van der Waals surface area (Å²) in [5.41, 5.74) is 7.98. The van der Waals surface area contributed by atoms with Crippen LogP contribution in [0.2, 0.25) is 0 Å². The fourth-order valence-corrected chi connectivity index (χ4v) is 2.99. The van der Waals surface area contributed by atoms with Gasteiger partial charge in [-0.15, -0.1) is 0 Å². The second-order valence-electron chi connectivity index (χ2n) is 5.46. The standard InChI is InChI=1S/C19H16N/c1-14-7-10-19-18-11-16(15-5-3-2-4-6-15)8-9-17(18)13-20(19)12-14/h2-12H,13H2,1H3/q+1. The van der Waals surface area contributed by atoms with Crippen LogP contribution in [0.3, 0.4) is 0 Å². The Morgan fingerprint density at radius 1 is 0.850 bits per heavy atom. The first-order chi connectivity index (χ1) is 9.81. The van der Waals surface area contributed by atoms with Gasteiger partial charge < -0.3 is 0 Å². The third kappa shape index (κ3) is 1.75. The van der Waals surface area contributed by atoms with Crippen LogP contribution in [0.25, 0.3) is 22.4 Å². The molecule has 2 aromatic carbocycles. The minimum absolute atomic E-state index is 0.988. The van der Waals surface area contributed by atoms with Crippen molar-refractivity contribution in [1.82, 2.24) is 0 Å². The first kappa shape index (κ1) is 11.4. The van der Waals surface area contributed by atoms with Gasteiger partial charge in [0.25, 0.3) is 0 Å². The summed E-state index contributed by atoms with van der Waals surface area (Å²) < 4.78 is 2.34. The van der Waals surface area contributed by atoms with E-state index in [1.54, 1.807) is 0 Å². The lowest BCUT2D eigenvalue weighted by Crippen LogP contribution is -2.32. The van der Waals surface area contributed by atoms with Crippen molar-refractivity contribution in [1.29, 1.82) is 0 Å². The van der Waals surface area contributed by atoms with Crippen molar-refractivity contribution in [2.75, 3.05) is 0 Å². The van der Waals surface area contributed by atoms with Gasteiger partial charge in [0.2, 0.25) is 5.69 Å². The van der Waals surface area contributed by atoms with Gasteiger partial charge in [-0.25, -0.2) is 0 Å². The third-order valence-corrected chi connectivity index (χ3v) is 4.01. The number of aromatic nitrogens is 1. The molecule has 0 radical (unpaired) electrons. The molecule has 1 nitrogen and oxygen atoms in total. The average molecular weight is 258 g/mol. The van der Waals surface area contributed by atoms with Crippen LogP contribution in [-0.2, 0) is 6.54 Å². The van der Waals surface area contributed by atoms with E-state index < -0.39 is 0 Å². The van der Waals surface area contributed by atoms with E-state index in [4.69, 9.17) is 0 Å². The maximum atomic E-state index is 2.34. The lowest BCUT2D eigenvalue weighted by molar-refractivity contribution is -0.672. The molecule has 3 aromatic rings. The molecule has 1 aliphatic rings. The summed E-state index contributed by atoms with van der Waals surface area (Å²) in [7, 11) is 0. The Morgan fingerprint density at radius 3 is 2.55 bits per heavy atom. The van der Waals surface area contributed by atoms with E-state index in [9.17, 15) is 0 Å². The molecule has 0 saturated heterocycles. The lowest BCUT2D eigenvalue weighted by atomic mass is 9.99. The van der Waals surface area contributed by atoms with E-state index in [1.807, 2.05) is 0 Å². The zero-order chi connectivity index (χ0) is 13.5. The van der Waals surface area contributed by atoms with Gasteiger partial charge >= 0.3 is 0 Å². The smallest absolute Gasteiger partial charge is 0.194 e. The van der Waals surface area contributed by atoms with Crippen molar-refractivity contribution >= 4 is 0 Å². The highest BCUT2D eigenvalue weighted by Crippen LogP contribution is 2.31. The van der Waals surface area contributed by atoms with E-state index in [0.717, 1.165) is 6.54 Å². The molecule has 0 N–H and O–H groups in total. The molecule has 0 bridgehead atoms. The van der Waals surface area contributed by atoms with E-state index in [0.29, 0.717) is 0 Å². The monoisotopic (exact) mass is 258 g/mol. The van der Waals surface area contributed by atoms with Crippen molar-refractivity contribution in [2.24, 2.45) is 0 Å². The minimum Gasteiger partial charge on any atom is -0.194 e. The minimum atomic E-state index is 0.988. The maximum absolute atomic E-state index is 2.34. The van der Waals surface area contributed by atoms with Crippen LogP contribution in [-0.4, -0.2) is 0 Å². The normalized spacial score (nSPS) is 12.1. The number of nitrogens with zero attached hydrogens (tertiary/aromatic N) is 1. The number of fused-ring (bicyclic) bond motifs is 3. The fraction of sp³-hybridized carbons (Fsp3) is 0.105. The van der Waals surface area contributed by atoms with Crippen molar-refractivity contribution in [3.63, 3.8) is 0 Å². The number of aryl methyl sites for hydroxylation is 1. The largest absolute Gasteiger partial charge is 0.213 e. The molecule has 1 aromatic heterocycles. The summed E-state index contributed by atoms with van der Waals surface area (Å²) in [5, 5.41) is 0. The molecule has 0 atom stereocenters. The Balaban J connectivity index is 1.87. The van der Waals surface area contributed by atoms with Gasteiger partial charge in [-0.3, -0.25) is 0 Å². The summed E-state index contributed by atoms with van der Waals surface area (Å²) >= 11 is 0. The van der Waals surface area contributed by atoms with Crippen molar-refractivity contribution in [3.8, 4) is 22.4 Å². The summed E-state index contributed by atoms with van der Waals surface area (Å²) in [4.78, 5) is 0. The number of pyridine rings is 1. The zero-order valence-corrected chi connectivity index (χ0v) is 11.5. The van der Waals surface area contributed by atoms with Crippen LogP contribution in [0.15, 0.2) is 66.9 Å². The topological polar surface area (TPSA) is 3.88 Å². The average Bonchev–Trinajstić information content (AvgIpc) is 2.84. The summed E-state index contributed by atoms with van der Waals surface area (Å²) in [6, 6.07) is 21.8. The Bertz CT molecular complexity index is 788. The quantitative estimate of drug-likeness (QED) is 0.455. The molecule has 0 unspecified atom stereocenters. The van der Waals surface area contributed by atoms with Crippen molar-refractivity contribution < 1.29 is 4.57 Å². The molecule has 0 amide bonds. The molecule has 0 saturated carbocycles. The van der Waals surface area contributed by atoms with Crippen molar-refractivity contribution in [3.05, 3.63) is 78.0 Å². The van der Waals surface area contributed by atoms with Crippen LogP contribution < -0.4 is 4.57 Å². The highest BCUT2D eigenvalue weighted by molar-refractivity contribution is 5.73. The number of hydrogen-bond donors (Lipinski definition) is 0. The van der Waals surface area contributed by atoms with Gasteiger partial charge in [0.15, 0.2) is 12.7 Å². The number of benzene rings is 2. The van der Waals surface area contributed by atoms with E-state index in [2.05, 4.69) is 78.4 Å². The molecule has 0 fully saturated rings. The highest BCUT2D eigenvalue weighted by atomic mass is 15.0. The van der Waals surface area contributed by atoms with Gasteiger partial charge in [0.05, 0.1) is 5.56 Å². The van der Waals surface area contributed by atoms with Gasteiger partial charge in [-0.2, -0.15) is 4.57 Å². The predicted octanol–water partition coefficient (Wildman–Crippen LogP) is 3.98. The molecule has 0 spiro atoms. The Labute approximate surface area is 119 Å². The van der Waals surface area contributed by atoms with Gasteiger partial charge in [0, 0.05) is 17.2 Å².